The van der Waals surface area contributed by atoms with Gasteiger partial charge in [-0.2, -0.15) is 13.8 Å². The highest BCUT2D eigenvalue weighted by Gasteiger charge is 2.59. The summed E-state index contributed by atoms with van der Waals surface area (Å²) in [4.78, 5) is 27.6. The highest BCUT2D eigenvalue weighted by atomic mass is 19.3. The molecule has 0 bridgehead atoms. The largest absolute Gasteiger partial charge is 0.394 e. The highest BCUT2D eigenvalue weighted by molar-refractivity contribution is 5.94. The molecule has 0 spiro atoms. The number of aliphatic hydroxyl groups excluding tert-OH is 2. The van der Waals surface area contributed by atoms with E-state index in [-0.39, 0.29) is 17.8 Å². The number of carbonyl (C=O) groups excluding carboxylic acids is 1. The van der Waals surface area contributed by atoms with Crippen molar-refractivity contribution in [3.8, 4) is 0 Å². The Labute approximate surface area is 140 Å². The van der Waals surface area contributed by atoms with Crippen LogP contribution in [0.3, 0.4) is 0 Å². The third-order valence-corrected chi connectivity index (χ3v) is 4.27. The average Bonchev–Trinajstić information content (AvgIpc) is 3.17. The van der Waals surface area contributed by atoms with E-state index in [9.17, 15) is 23.5 Å². The molecule has 25 heavy (non-hydrogen) atoms. The van der Waals surface area contributed by atoms with E-state index in [1.54, 1.807) is 0 Å². The second-order valence-electron chi connectivity index (χ2n) is 5.97. The first-order valence-corrected chi connectivity index (χ1v) is 7.80. The summed E-state index contributed by atoms with van der Waals surface area (Å²) in [5, 5.41) is 23.9. The van der Waals surface area contributed by atoms with E-state index in [1.165, 1.54) is 6.07 Å². The molecule has 3 unspecified atom stereocenters. The number of amides is 1. The van der Waals surface area contributed by atoms with Gasteiger partial charge < -0.3 is 25.6 Å². The third kappa shape index (κ3) is 3.27. The molecule has 3 rings (SSSR count). The summed E-state index contributed by atoms with van der Waals surface area (Å²) in [7, 11) is 0. The second kappa shape index (κ2) is 6.75. The van der Waals surface area contributed by atoms with Gasteiger partial charge in [0.1, 0.15) is 11.9 Å². The van der Waals surface area contributed by atoms with Crippen LogP contribution in [-0.2, 0) is 9.53 Å². The topological polar surface area (TPSA) is 126 Å². The average molecular weight is 360 g/mol. The number of hydrogen-bond donors (Lipinski definition) is 4. The molecular formula is C14H18F2N4O5. The van der Waals surface area contributed by atoms with Gasteiger partial charge in [-0.25, -0.2) is 4.79 Å². The maximum Gasteiger partial charge on any atom is 0.351 e. The van der Waals surface area contributed by atoms with Crippen LogP contribution in [0.5, 0.6) is 0 Å². The van der Waals surface area contributed by atoms with Crippen molar-refractivity contribution in [2.75, 3.05) is 18.5 Å². The Bertz CT molecular complexity index is 707. The van der Waals surface area contributed by atoms with Crippen LogP contribution >= 0.6 is 0 Å². The first-order valence-electron chi connectivity index (χ1n) is 7.80. The summed E-state index contributed by atoms with van der Waals surface area (Å²) in [5.74, 6) is -4.21. The van der Waals surface area contributed by atoms with Crippen molar-refractivity contribution in [2.45, 2.75) is 43.2 Å². The Balaban J connectivity index is 1.78. The normalized spacial score (nSPS) is 31.2. The fourth-order valence-corrected chi connectivity index (χ4v) is 2.90. The molecule has 138 valence electrons. The fourth-order valence-electron chi connectivity index (χ4n) is 2.90. The molecule has 1 amide bonds. The van der Waals surface area contributed by atoms with Crippen LogP contribution in [0.2, 0.25) is 0 Å². The molecule has 2 saturated heterocycles. The van der Waals surface area contributed by atoms with E-state index >= 15 is 0 Å². The van der Waals surface area contributed by atoms with Gasteiger partial charge in [-0.3, -0.25) is 9.36 Å². The molecule has 0 aliphatic carbocycles. The van der Waals surface area contributed by atoms with Gasteiger partial charge in [0.25, 0.3) is 0 Å². The van der Waals surface area contributed by atoms with Crippen molar-refractivity contribution in [2.24, 2.45) is 0 Å². The number of aromatic nitrogens is 2. The van der Waals surface area contributed by atoms with Crippen LogP contribution in [0.4, 0.5) is 14.6 Å². The molecule has 4 N–H and O–H groups in total. The van der Waals surface area contributed by atoms with Crippen LogP contribution in [0.25, 0.3) is 0 Å². The summed E-state index contributed by atoms with van der Waals surface area (Å²) in [6.45, 7) is -0.104. The van der Waals surface area contributed by atoms with Crippen molar-refractivity contribution < 1.29 is 28.5 Å². The van der Waals surface area contributed by atoms with E-state index in [0.717, 1.165) is 19.2 Å². The Morgan fingerprint density at radius 3 is 2.88 bits per heavy atom. The number of aliphatic hydroxyl groups is 2. The van der Waals surface area contributed by atoms with E-state index < -0.39 is 36.7 Å². The van der Waals surface area contributed by atoms with Crippen molar-refractivity contribution in [1.82, 2.24) is 14.9 Å². The lowest BCUT2D eigenvalue weighted by Gasteiger charge is -2.21. The van der Waals surface area contributed by atoms with Crippen LogP contribution in [0, 0.1) is 0 Å². The van der Waals surface area contributed by atoms with Crippen molar-refractivity contribution in [3.05, 3.63) is 22.7 Å². The molecule has 0 saturated carbocycles. The molecule has 11 heteroatoms. The number of nitrogens with zero attached hydrogens (tertiary/aromatic N) is 2. The zero-order chi connectivity index (χ0) is 18.2. The number of carbonyl (C=O) groups is 1. The SMILES string of the molecule is O=C(Nc1ccn(C2OC(CO)C(O)C2(F)F)c(=O)n1)[C@H]1CCCN1. The quantitative estimate of drug-likeness (QED) is 0.532. The summed E-state index contributed by atoms with van der Waals surface area (Å²) in [5.41, 5.74) is -1.08. The molecule has 2 aliphatic heterocycles. The second-order valence-corrected chi connectivity index (χ2v) is 5.97. The third-order valence-electron chi connectivity index (χ3n) is 4.27. The molecule has 2 fully saturated rings. The number of rotatable bonds is 4. The molecule has 0 aromatic carbocycles. The number of alkyl halides is 2. The molecule has 0 radical (unpaired) electrons. The van der Waals surface area contributed by atoms with Gasteiger partial charge in [-0.1, -0.05) is 0 Å². The van der Waals surface area contributed by atoms with Gasteiger partial charge >= 0.3 is 11.6 Å². The van der Waals surface area contributed by atoms with Crippen LogP contribution < -0.4 is 16.3 Å². The first-order chi connectivity index (χ1) is 11.8. The molecule has 1 aromatic heterocycles. The predicted octanol–water partition coefficient (Wildman–Crippen LogP) is -1.18. The minimum Gasteiger partial charge on any atom is -0.394 e. The van der Waals surface area contributed by atoms with Crippen molar-refractivity contribution in [1.29, 1.82) is 0 Å². The van der Waals surface area contributed by atoms with E-state index in [2.05, 4.69) is 15.6 Å². The summed E-state index contributed by atoms with van der Waals surface area (Å²) in [6.07, 6.45) is -3.35. The molecule has 1 aromatic rings. The maximum atomic E-state index is 14.1. The highest BCUT2D eigenvalue weighted by Crippen LogP contribution is 2.41. The molecule has 2 aliphatic rings. The van der Waals surface area contributed by atoms with Crippen LogP contribution in [0.15, 0.2) is 17.1 Å². The lowest BCUT2D eigenvalue weighted by molar-refractivity contribution is -0.141. The summed E-state index contributed by atoms with van der Waals surface area (Å²) < 4.78 is 33.5. The van der Waals surface area contributed by atoms with Crippen molar-refractivity contribution >= 4 is 11.7 Å². The predicted molar refractivity (Wildman–Crippen MR) is 80.1 cm³/mol. The summed E-state index contributed by atoms with van der Waals surface area (Å²) >= 11 is 0. The first kappa shape index (κ1) is 17.9. The van der Waals surface area contributed by atoms with Gasteiger partial charge in [0, 0.05) is 6.20 Å². The number of nitrogens with one attached hydrogen (secondary N) is 2. The molecule has 3 heterocycles. The fraction of sp³-hybridized carbons (Fsp3) is 0.643. The molecular weight excluding hydrogens is 342 g/mol. The molecule has 9 nitrogen and oxygen atoms in total. The summed E-state index contributed by atoms with van der Waals surface area (Å²) in [6, 6.07) is 0.805. The monoisotopic (exact) mass is 360 g/mol. The Morgan fingerprint density at radius 2 is 2.32 bits per heavy atom. The standard InChI is InChI=1S/C14H18F2N4O5/c15-14(16)10(22)8(6-21)25-12(14)20-5-3-9(19-13(20)24)18-11(23)7-2-1-4-17-7/h3,5,7-8,10,12,17,21-22H,1-2,4,6H2,(H,18,19,23,24)/t7-,8?,10?,12?/m1/s1. The number of ether oxygens (including phenoxy) is 1. The van der Waals surface area contributed by atoms with Gasteiger partial charge in [0.05, 0.1) is 12.6 Å². The van der Waals surface area contributed by atoms with E-state index in [4.69, 9.17) is 9.84 Å². The van der Waals surface area contributed by atoms with E-state index in [0.29, 0.717) is 11.0 Å². The molecule has 4 atom stereocenters. The van der Waals surface area contributed by atoms with Gasteiger partial charge in [0.15, 0.2) is 6.10 Å². The van der Waals surface area contributed by atoms with Gasteiger partial charge in [0.2, 0.25) is 12.1 Å². The number of hydrogen-bond acceptors (Lipinski definition) is 7. The zero-order valence-corrected chi connectivity index (χ0v) is 13.1. The van der Waals surface area contributed by atoms with Crippen molar-refractivity contribution in [3.63, 3.8) is 0 Å². The van der Waals surface area contributed by atoms with Crippen LogP contribution in [0.1, 0.15) is 19.1 Å². The number of halogens is 2. The van der Waals surface area contributed by atoms with Crippen LogP contribution in [-0.4, -0.2) is 63.0 Å². The van der Waals surface area contributed by atoms with E-state index in [1.807, 2.05) is 0 Å². The minimum absolute atomic E-state index is 0.0690. The Morgan fingerprint density at radius 1 is 1.56 bits per heavy atom. The van der Waals surface area contributed by atoms with Gasteiger partial charge in [-0.15, -0.1) is 0 Å². The lowest BCUT2D eigenvalue weighted by Crippen LogP contribution is -2.42. The minimum atomic E-state index is -3.78. The lowest BCUT2D eigenvalue weighted by atomic mass is 10.1. The Kier molecular flexibility index (Phi) is 4.82. The maximum absolute atomic E-state index is 14.1. The van der Waals surface area contributed by atoms with Gasteiger partial charge in [-0.05, 0) is 25.5 Å². The number of anilines is 1. The smallest absolute Gasteiger partial charge is 0.351 e. The Hall–Kier alpha value is -1.95. The zero-order valence-electron chi connectivity index (χ0n) is 13.1.